The van der Waals surface area contributed by atoms with Crippen LogP contribution in [-0.4, -0.2) is 11.1 Å². The number of carbonyl (C=O) groups is 1. The predicted molar refractivity (Wildman–Crippen MR) is 145 cm³/mol. The minimum Gasteiger partial charge on any atom is -0.478 e. The highest BCUT2D eigenvalue weighted by molar-refractivity contribution is 5.90. The molecule has 0 heterocycles. The molecule has 0 amide bonds. The van der Waals surface area contributed by atoms with Crippen LogP contribution >= 0.6 is 0 Å². The number of benzene rings is 1. The van der Waals surface area contributed by atoms with E-state index in [-0.39, 0.29) is 0 Å². The lowest BCUT2D eigenvalue weighted by molar-refractivity contribution is 0.0695. The van der Waals surface area contributed by atoms with Gasteiger partial charge in [0.05, 0.1) is 5.56 Å². The summed E-state index contributed by atoms with van der Waals surface area (Å²) in [5.41, 5.74) is 6.11. The first-order valence-corrected chi connectivity index (χ1v) is 14.5. The smallest absolute Gasteiger partial charge is 0.335 e. The Morgan fingerprint density at radius 1 is 0.545 bits per heavy atom. The Morgan fingerprint density at radius 3 is 1.36 bits per heavy atom. The summed E-state index contributed by atoms with van der Waals surface area (Å²) in [7, 11) is 0. The van der Waals surface area contributed by atoms with Crippen molar-refractivity contribution < 1.29 is 9.90 Å². The van der Waals surface area contributed by atoms with Crippen LogP contribution in [0.5, 0.6) is 0 Å². The summed E-state index contributed by atoms with van der Waals surface area (Å²) >= 11 is 0. The number of carboxylic acid groups (broad SMARTS) is 1. The van der Waals surface area contributed by atoms with E-state index >= 15 is 0 Å². The summed E-state index contributed by atoms with van der Waals surface area (Å²) in [6.45, 7) is 9.03. The van der Waals surface area contributed by atoms with Crippen LogP contribution in [0.15, 0.2) is 6.07 Å². The van der Waals surface area contributed by atoms with Crippen molar-refractivity contribution in [1.29, 1.82) is 0 Å². The number of carboxylic acids is 1. The molecular weight excluding hydrogens is 404 g/mol. The van der Waals surface area contributed by atoms with Gasteiger partial charge in [-0.05, 0) is 79.7 Å². The number of rotatable bonds is 21. The zero-order chi connectivity index (χ0) is 24.3. The molecule has 0 saturated carbocycles. The summed E-state index contributed by atoms with van der Waals surface area (Å²) in [5, 5.41) is 10.2. The third-order valence-corrected chi connectivity index (χ3v) is 7.13. The molecule has 0 atom stereocenters. The van der Waals surface area contributed by atoms with Crippen molar-refractivity contribution in [2.24, 2.45) is 0 Å². The van der Waals surface area contributed by atoms with Crippen molar-refractivity contribution in [3.8, 4) is 0 Å². The van der Waals surface area contributed by atoms with E-state index < -0.39 is 5.97 Å². The van der Waals surface area contributed by atoms with Gasteiger partial charge >= 0.3 is 5.97 Å². The molecule has 33 heavy (non-hydrogen) atoms. The number of aryl methyl sites for hydroxylation is 1. The summed E-state index contributed by atoms with van der Waals surface area (Å²) in [6, 6.07) is 2.09. The second kappa shape index (κ2) is 19.0. The molecule has 0 radical (unpaired) electrons. The minimum absolute atomic E-state index is 0.611. The molecule has 0 fully saturated rings. The first-order valence-electron chi connectivity index (χ1n) is 14.5. The zero-order valence-electron chi connectivity index (χ0n) is 22.6. The molecule has 2 nitrogen and oxygen atoms in total. The second-order valence-corrected chi connectivity index (χ2v) is 10.1. The van der Waals surface area contributed by atoms with Crippen molar-refractivity contribution in [2.45, 2.75) is 156 Å². The van der Waals surface area contributed by atoms with Gasteiger partial charge in [-0.15, -0.1) is 0 Å². The van der Waals surface area contributed by atoms with E-state index in [4.69, 9.17) is 0 Å². The van der Waals surface area contributed by atoms with E-state index in [1.807, 2.05) is 0 Å². The Labute approximate surface area is 206 Å². The zero-order valence-corrected chi connectivity index (χ0v) is 22.6. The van der Waals surface area contributed by atoms with Crippen molar-refractivity contribution in [3.05, 3.63) is 33.9 Å². The Morgan fingerprint density at radius 2 is 0.939 bits per heavy atom. The van der Waals surface area contributed by atoms with Gasteiger partial charge in [-0.1, -0.05) is 105 Å². The lowest BCUT2D eigenvalue weighted by Gasteiger charge is -2.22. The third kappa shape index (κ3) is 11.6. The van der Waals surface area contributed by atoms with Crippen molar-refractivity contribution in [2.75, 3.05) is 0 Å². The van der Waals surface area contributed by atoms with Gasteiger partial charge in [0.1, 0.15) is 0 Å². The van der Waals surface area contributed by atoms with E-state index in [1.165, 1.54) is 119 Å². The maximum atomic E-state index is 12.4. The first kappa shape index (κ1) is 29.7. The quantitative estimate of drug-likeness (QED) is 0.186. The normalized spacial score (nSPS) is 11.3. The van der Waals surface area contributed by atoms with E-state index in [9.17, 15) is 9.90 Å². The fourth-order valence-corrected chi connectivity index (χ4v) is 5.13. The molecular formula is C31H54O2. The minimum atomic E-state index is -0.720. The van der Waals surface area contributed by atoms with E-state index in [0.717, 1.165) is 32.1 Å². The van der Waals surface area contributed by atoms with Crippen LogP contribution in [0.1, 0.15) is 163 Å². The van der Waals surface area contributed by atoms with Crippen LogP contribution in [0.25, 0.3) is 0 Å². The van der Waals surface area contributed by atoms with Crippen molar-refractivity contribution in [1.82, 2.24) is 0 Å². The van der Waals surface area contributed by atoms with Crippen molar-refractivity contribution in [3.63, 3.8) is 0 Å². The molecule has 2 heteroatoms. The van der Waals surface area contributed by atoms with Gasteiger partial charge in [-0.25, -0.2) is 4.79 Å². The van der Waals surface area contributed by atoms with E-state index in [1.54, 1.807) is 0 Å². The molecule has 190 valence electrons. The van der Waals surface area contributed by atoms with Gasteiger partial charge in [0.2, 0.25) is 0 Å². The Balaban J connectivity index is 3.34. The van der Waals surface area contributed by atoms with Crippen LogP contribution in [-0.2, 0) is 25.7 Å². The maximum Gasteiger partial charge on any atom is 0.335 e. The highest BCUT2D eigenvalue weighted by Gasteiger charge is 2.21. The molecule has 0 bridgehead atoms. The SMILES string of the molecule is CCCCCCc1cc(C(=O)O)c(CCCCCC)c(CCCCCC)c1CCCCCC. The molecule has 0 saturated heterocycles. The topological polar surface area (TPSA) is 37.3 Å². The van der Waals surface area contributed by atoms with Gasteiger partial charge in [0, 0.05) is 0 Å². The molecule has 1 rings (SSSR count). The van der Waals surface area contributed by atoms with Crippen LogP contribution in [0.2, 0.25) is 0 Å². The molecule has 0 aliphatic rings. The Hall–Kier alpha value is -1.31. The molecule has 0 aromatic heterocycles. The third-order valence-electron chi connectivity index (χ3n) is 7.13. The Bertz CT molecular complexity index is 647. The average Bonchev–Trinajstić information content (AvgIpc) is 2.81. The van der Waals surface area contributed by atoms with Crippen molar-refractivity contribution >= 4 is 5.97 Å². The summed E-state index contributed by atoms with van der Waals surface area (Å²) in [5.74, 6) is -0.720. The van der Waals surface area contributed by atoms with Gasteiger partial charge in [0.25, 0.3) is 0 Å². The largest absolute Gasteiger partial charge is 0.478 e. The van der Waals surface area contributed by atoms with E-state index in [2.05, 4.69) is 33.8 Å². The standard InChI is InChI=1S/C31H54O2/c1-5-9-13-17-21-26-25-30(31(32)33)29(24-20-16-12-8-4)28(23-19-15-11-7-3)27(26)22-18-14-10-6-2/h25H,5-24H2,1-4H3,(H,32,33). The molecule has 0 aliphatic heterocycles. The van der Waals surface area contributed by atoms with Crippen LogP contribution in [0.3, 0.4) is 0 Å². The number of unbranched alkanes of at least 4 members (excludes halogenated alkanes) is 12. The fourth-order valence-electron chi connectivity index (χ4n) is 5.13. The number of hydrogen-bond acceptors (Lipinski definition) is 1. The van der Waals surface area contributed by atoms with Gasteiger partial charge in [0.15, 0.2) is 0 Å². The predicted octanol–water partition coefficient (Wildman–Crippen LogP) is 9.88. The first-order chi connectivity index (χ1) is 16.1. The molecule has 0 aliphatic carbocycles. The molecule has 1 N–H and O–H groups in total. The summed E-state index contributed by atoms with van der Waals surface area (Å²) < 4.78 is 0. The lowest BCUT2D eigenvalue weighted by Crippen LogP contribution is -2.13. The van der Waals surface area contributed by atoms with Crippen LogP contribution in [0.4, 0.5) is 0 Å². The highest BCUT2D eigenvalue weighted by atomic mass is 16.4. The van der Waals surface area contributed by atoms with Crippen LogP contribution < -0.4 is 0 Å². The highest BCUT2D eigenvalue weighted by Crippen LogP contribution is 2.30. The summed E-state index contributed by atoms with van der Waals surface area (Å²) in [6.07, 6.45) is 23.9. The summed E-state index contributed by atoms with van der Waals surface area (Å²) in [4.78, 5) is 12.4. The van der Waals surface area contributed by atoms with Gasteiger partial charge in [-0.3, -0.25) is 0 Å². The second-order valence-electron chi connectivity index (χ2n) is 10.1. The molecule has 0 unspecified atom stereocenters. The molecule has 1 aromatic rings. The monoisotopic (exact) mass is 458 g/mol. The van der Waals surface area contributed by atoms with Crippen LogP contribution in [0, 0.1) is 0 Å². The molecule has 0 spiro atoms. The number of aromatic carboxylic acids is 1. The average molecular weight is 459 g/mol. The molecule has 1 aromatic carbocycles. The van der Waals surface area contributed by atoms with Gasteiger partial charge in [-0.2, -0.15) is 0 Å². The maximum absolute atomic E-state index is 12.4. The fraction of sp³-hybridized carbons (Fsp3) is 0.774. The number of hydrogen-bond donors (Lipinski definition) is 1. The van der Waals surface area contributed by atoms with Gasteiger partial charge < -0.3 is 5.11 Å². The lowest BCUT2D eigenvalue weighted by atomic mass is 9.83. The van der Waals surface area contributed by atoms with E-state index in [0.29, 0.717) is 5.56 Å². The Kier molecular flexibility index (Phi) is 17.2.